The molecule has 3 rings (SSSR count). The van der Waals surface area contributed by atoms with Crippen LogP contribution in [0.1, 0.15) is 0 Å². The summed E-state index contributed by atoms with van der Waals surface area (Å²) in [7, 11) is -3.79. The van der Waals surface area contributed by atoms with Crippen LogP contribution < -0.4 is 5.32 Å². The van der Waals surface area contributed by atoms with Crippen molar-refractivity contribution in [2.45, 2.75) is 4.90 Å². The van der Waals surface area contributed by atoms with Crippen LogP contribution in [0.15, 0.2) is 47.4 Å². The molecular weight excluding hydrogens is 428 g/mol. The zero-order valence-corrected chi connectivity index (χ0v) is 17.1. The molecular formula is C18H18Cl2FN3O3S. The van der Waals surface area contributed by atoms with Crippen LogP contribution in [0, 0.1) is 5.82 Å². The Hall–Kier alpha value is -1.87. The van der Waals surface area contributed by atoms with Crippen molar-refractivity contribution in [3.8, 4) is 0 Å². The van der Waals surface area contributed by atoms with E-state index in [2.05, 4.69) is 5.32 Å². The fraction of sp³-hybridized carbons (Fsp3) is 0.278. The molecule has 0 atom stereocenters. The molecule has 0 saturated carbocycles. The molecule has 2 aromatic carbocycles. The molecule has 1 fully saturated rings. The number of sulfonamides is 1. The summed E-state index contributed by atoms with van der Waals surface area (Å²) in [5.41, 5.74) is 0.551. The Kier molecular flexibility index (Phi) is 6.44. The van der Waals surface area contributed by atoms with Crippen LogP contribution in [0.4, 0.5) is 10.1 Å². The van der Waals surface area contributed by atoms with Crippen molar-refractivity contribution in [2.24, 2.45) is 0 Å². The molecule has 1 amide bonds. The number of hydrogen-bond donors (Lipinski definition) is 1. The maximum atomic E-state index is 13.4. The van der Waals surface area contributed by atoms with E-state index in [1.165, 1.54) is 22.5 Å². The number of nitrogens with zero attached hydrogens (tertiary/aromatic N) is 2. The van der Waals surface area contributed by atoms with Crippen molar-refractivity contribution in [3.63, 3.8) is 0 Å². The number of piperazine rings is 1. The minimum atomic E-state index is -3.79. The summed E-state index contributed by atoms with van der Waals surface area (Å²) in [4.78, 5) is 13.9. The van der Waals surface area contributed by atoms with E-state index in [1.54, 1.807) is 23.1 Å². The van der Waals surface area contributed by atoms with E-state index in [4.69, 9.17) is 23.2 Å². The Morgan fingerprint density at radius 2 is 1.75 bits per heavy atom. The first kappa shape index (κ1) is 20.9. The first-order valence-corrected chi connectivity index (χ1v) is 10.7. The number of anilines is 1. The molecule has 28 heavy (non-hydrogen) atoms. The van der Waals surface area contributed by atoms with Gasteiger partial charge in [-0.15, -0.1) is 0 Å². The van der Waals surface area contributed by atoms with Crippen LogP contribution in [0.3, 0.4) is 0 Å². The van der Waals surface area contributed by atoms with Gasteiger partial charge in [0.1, 0.15) is 5.82 Å². The van der Waals surface area contributed by atoms with Crippen molar-refractivity contribution in [3.05, 3.63) is 58.3 Å². The van der Waals surface area contributed by atoms with Crippen LogP contribution in [0.5, 0.6) is 0 Å². The standard InChI is InChI=1S/C18H18Cl2FN3O3S/c19-15-5-2-6-16(18(15)20)22-12-17(25)23-7-9-24(10-8-23)28(26,27)14-4-1-3-13(21)11-14/h1-6,11,22H,7-10,12H2. The largest absolute Gasteiger partial charge is 0.375 e. The van der Waals surface area contributed by atoms with E-state index in [0.29, 0.717) is 15.7 Å². The fourth-order valence-electron chi connectivity index (χ4n) is 2.88. The second kappa shape index (κ2) is 8.65. The molecule has 0 spiro atoms. The summed E-state index contributed by atoms with van der Waals surface area (Å²) in [6, 6.07) is 9.97. The summed E-state index contributed by atoms with van der Waals surface area (Å²) in [6.45, 7) is 0.790. The van der Waals surface area contributed by atoms with E-state index in [9.17, 15) is 17.6 Å². The third-order valence-corrected chi connectivity index (χ3v) is 7.12. The highest BCUT2D eigenvalue weighted by molar-refractivity contribution is 7.89. The minimum absolute atomic E-state index is 0.0106. The molecule has 10 heteroatoms. The van der Waals surface area contributed by atoms with Gasteiger partial charge in [-0.1, -0.05) is 35.3 Å². The van der Waals surface area contributed by atoms with Crippen molar-refractivity contribution < 1.29 is 17.6 Å². The summed E-state index contributed by atoms with van der Waals surface area (Å²) < 4.78 is 39.8. The maximum Gasteiger partial charge on any atom is 0.243 e. The molecule has 1 heterocycles. The zero-order chi connectivity index (χ0) is 20.3. The van der Waals surface area contributed by atoms with E-state index >= 15 is 0 Å². The van der Waals surface area contributed by atoms with Gasteiger partial charge in [-0.3, -0.25) is 4.79 Å². The first-order valence-electron chi connectivity index (χ1n) is 8.50. The average molecular weight is 446 g/mol. The molecule has 0 radical (unpaired) electrons. The lowest BCUT2D eigenvalue weighted by atomic mass is 10.3. The highest BCUT2D eigenvalue weighted by Gasteiger charge is 2.30. The lowest BCUT2D eigenvalue weighted by Crippen LogP contribution is -2.51. The van der Waals surface area contributed by atoms with Crippen molar-refractivity contribution in [2.75, 3.05) is 38.0 Å². The number of carbonyl (C=O) groups excluding carboxylic acids is 1. The first-order chi connectivity index (χ1) is 13.3. The average Bonchev–Trinajstić information content (AvgIpc) is 2.69. The summed E-state index contributed by atoms with van der Waals surface area (Å²) in [5.74, 6) is -0.792. The summed E-state index contributed by atoms with van der Waals surface area (Å²) in [5, 5.41) is 3.66. The molecule has 1 aliphatic heterocycles. The predicted octanol–water partition coefficient (Wildman–Crippen LogP) is 3.08. The second-order valence-electron chi connectivity index (χ2n) is 6.20. The molecule has 0 aromatic heterocycles. The molecule has 1 N–H and O–H groups in total. The normalized spacial score (nSPS) is 15.5. The van der Waals surface area contributed by atoms with Gasteiger partial charge in [-0.05, 0) is 30.3 Å². The quantitative estimate of drug-likeness (QED) is 0.767. The molecule has 1 saturated heterocycles. The molecule has 6 nitrogen and oxygen atoms in total. The number of benzene rings is 2. The number of carbonyl (C=O) groups is 1. The van der Waals surface area contributed by atoms with Gasteiger partial charge in [-0.2, -0.15) is 4.31 Å². The number of halogens is 3. The Balaban J connectivity index is 1.57. The molecule has 0 aliphatic carbocycles. The Morgan fingerprint density at radius 1 is 1.07 bits per heavy atom. The zero-order valence-electron chi connectivity index (χ0n) is 14.7. The molecule has 1 aliphatic rings. The van der Waals surface area contributed by atoms with Gasteiger partial charge in [0.2, 0.25) is 15.9 Å². The van der Waals surface area contributed by atoms with Gasteiger partial charge in [-0.25, -0.2) is 12.8 Å². The number of amides is 1. The van der Waals surface area contributed by atoms with Crippen molar-refractivity contribution >= 4 is 44.8 Å². The summed E-state index contributed by atoms with van der Waals surface area (Å²) in [6.07, 6.45) is 0. The smallest absolute Gasteiger partial charge is 0.243 e. The molecule has 2 aromatic rings. The van der Waals surface area contributed by atoms with E-state index < -0.39 is 15.8 Å². The maximum absolute atomic E-state index is 13.4. The second-order valence-corrected chi connectivity index (χ2v) is 8.92. The molecule has 0 bridgehead atoms. The Morgan fingerprint density at radius 3 is 2.43 bits per heavy atom. The Labute approximate surface area is 172 Å². The third-order valence-electron chi connectivity index (χ3n) is 4.41. The SMILES string of the molecule is O=C(CNc1cccc(Cl)c1Cl)N1CCN(S(=O)(=O)c2cccc(F)c2)CC1. The van der Waals surface area contributed by atoms with Gasteiger partial charge < -0.3 is 10.2 Å². The van der Waals surface area contributed by atoms with Crippen molar-refractivity contribution in [1.29, 1.82) is 0 Å². The van der Waals surface area contributed by atoms with Gasteiger partial charge >= 0.3 is 0 Å². The molecule has 150 valence electrons. The minimum Gasteiger partial charge on any atom is -0.375 e. The van der Waals surface area contributed by atoms with E-state index in [-0.39, 0.29) is 43.5 Å². The van der Waals surface area contributed by atoms with Gasteiger partial charge in [0, 0.05) is 26.2 Å². The monoisotopic (exact) mass is 445 g/mol. The number of nitrogens with one attached hydrogen (secondary N) is 1. The third kappa shape index (κ3) is 4.57. The van der Waals surface area contributed by atoms with Gasteiger partial charge in [0.25, 0.3) is 0 Å². The highest BCUT2D eigenvalue weighted by Crippen LogP contribution is 2.29. The van der Waals surface area contributed by atoms with E-state index in [0.717, 1.165) is 6.07 Å². The van der Waals surface area contributed by atoms with Crippen molar-refractivity contribution in [1.82, 2.24) is 9.21 Å². The van der Waals surface area contributed by atoms with Gasteiger partial charge in [0.05, 0.1) is 27.2 Å². The topological polar surface area (TPSA) is 69.7 Å². The fourth-order valence-corrected chi connectivity index (χ4v) is 4.70. The molecule has 0 unspecified atom stereocenters. The lowest BCUT2D eigenvalue weighted by Gasteiger charge is -2.34. The lowest BCUT2D eigenvalue weighted by molar-refractivity contribution is -0.130. The summed E-state index contributed by atoms with van der Waals surface area (Å²) >= 11 is 12.0. The van der Waals surface area contributed by atoms with Crippen LogP contribution in [0.2, 0.25) is 10.0 Å². The highest BCUT2D eigenvalue weighted by atomic mass is 35.5. The van der Waals surface area contributed by atoms with Gasteiger partial charge in [0.15, 0.2) is 0 Å². The van der Waals surface area contributed by atoms with Crippen LogP contribution in [-0.4, -0.2) is 56.3 Å². The Bertz CT molecular complexity index is 980. The number of rotatable bonds is 5. The van der Waals surface area contributed by atoms with Crippen LogP contribution >= 0.6 is 23.2 Å². The van der Waals surface area contributed by atoms with Crippen LogP contribution in [-0.2, 0) is 14.8 Å². The van der Waals surface area contributed by atoms with E-state index in [1.807, 2.05) is 0 Å². The number of hydrogen-bond acceptors (Lipinski definition) is 4. The van der Waals surface area contributed by atoms with Crippen LogP contribution in [0.25, 0.3) is 0 Å². The predicted molar refractivity (Wildman–Crippen MR) is 107 cm³/mol.